The highest BCUT2D eigenvalue weighted by atomic mass is 32.2. The molecule has 1 aromatic rings. The van der Waals surface area contributed by atoms with Crippen LogP contribution < -0.4 is 0 Å². The predicted molar refractivity (Wildman–Crippen MR) is 66.0 cm³/mol. The van der Waals surface area contributed by atoms with Crippen LogP contribution in [-0.4, -0.2) is 25.1 Å². The van der Waals surface area contributed by atoms with Crippen molar-refractivity contribution in [3.8, 4) is 0 Å². The summed E-state index contributed by atoms with van der Waals surface area (Å²) in [5.41, 5.74) is 1.26. The van der Waals surface area contributed by atoms with Gasteiger partial charge in [0.05, 0.1) is 6.61 Å². The fraction of sp³-hybridized carbons (Fsp3) is 0.538. The average molecular weight is 276 g/mol. The molecular weight excluding hydrogens is 261 g/mol. The number of thioether (sulfide) groups is 1. The van der Waals surface area contributed by atoms with Gasteiger partial charge in [0, 0.05) is 29.6 Å². The molecule has 1 aliphatic heterocycles. The third-order valence-corrected chi connectivity index (χ3v) is 4.12. The Morgan fingerprint density at radius 2 is 2.06 bits per heavy atom. The lowest BCUT2D eigenvalue weighted by Gasteiger charge is -2.12. The van der Waals surface area contributed by atoms with Gasteiger partial charge in [0.25, 0.3) is 0 Å². The van der Waals surface area contributed by atoms with Crippen LogP contribution in [0.4, 0.5) is 13.2 Å². The predicted octanol–water partition coefficient (Wildman–Crippen LogP) is 4.24. The zero-order chi connectivity index (χ0) is 13.0. The fourth-order valence-electron chi connectivity index (χ4n) is 1.97. The number of hydrogen-bond acceptors (Lipinski definition) is 2. The summed E-state index contributed by atoms with van der Waals surface area (Å²) in [6.45, 7) is 0.699. The highest BCUT2D eigenvalue weighted by Crippen LogP contribution is 2.39. The first-order valence-electron chi connectivity index (χ1n) is 5.92. The third kappa shape index (κ3) is 3.92. The van der Waals surface area contributed by atoms with E-state index in [1.54, 1.807) is 11.8 Å². The number of ether oxygens (including phenoxy) is 1. The number of halogens is 3. The van der Waals surface area contributed by atoms with E-state index in [0.717, 1.165) is 5.75 Å². The van der Waals surface area contributed by atoms with Crippen molar-refractivity contribution in [2.24, 2.45) is 0 Å². The van der Waals surface area contributed by atoms with E-state index in [1.807, 2.05) is 12.1 Å². The van der Waals surface area contributed by atoms with Gasteiger partial charge in [0.15, 0.2) is 0 Å². The van der Waals surface area contributed by atoms with Crippen LogP contribution in [0.25, 0.3) is 0 Å². The van der Waals surface area contributed by atoms with Gasteiger partial charge in [-0.1, -0.05) is 18.2 Å². The SMILES string of the molecule is FC(F)(F)CCCOCC1CSc2ccccc21. The van der Waals surface area contributed by atoms with Crippen LogP contribution in [-0.2, 0) is 4.74 Å². The molecule has 1 aromatic carbocycles. The van der Waals surface area contributed by atoms with E-state index in [2.05, 4.69) is 12.1 Å². The highest BCUT2D eigenvalue weighted by Gasteiger charge is 2.26. The van der Waals surface area contributed by atoms with Crippen LogP contribution in [0.3, 0.4) is 0 Å². The molecule has 0 saturated heterocycles. The van der Waals surface area contributed by atoms with Gasteiger partial charge >= 0.3 is 6.18 Å². The number of fused-ring (bicyclic) bond motifs is 1. The van der Waals surface area contributed by atoms with E-state index in [1.165, 1.54) is 10.5 Å². The largest absolute Gasteiger partial charge is 0.389 e. The van der Waals surface area contributed by atoms with Crippen LogP contribution in [0.5, 0.6) is 0 Å². The van der Waals surface area contributed by atoms with Crippen molar-refractivity contribution in [3.05, 3.63) is 29.8 Å². The molecule has 0 aromatic heterocycles. The lowest BCUT2D eigenvalue weighted by molar-refractivity contribution is -0.137. The van der Waals surface area contributed by atoms with Crippen molar-refractivity contribution < 1.29 is 17.9 Å². The van der Waals surface area contributed by atoms with Crippen molar-refractivity contribution in [2.45, 2.75) is 29.8 Å². The van der Waals surface area contributed by atoms with Gasteiger partial charge in [0.2, 0.25) is 0 Å². The maximum atomic E-state index is 11.9. The quantitative estimate of drug-likeness (QED) is 0.744. The topological polar surface area (TPSA) is 9.23 Å². The molecule has 1 nitrogen and oxygen atoms in total. The minimum Gasteiger partial charge on any atom is -0.381 e. The molecule has 2 rings (SSSR count). The molecule has 1 heterocycles. The van der Waals surface area contributed by atoms with Crippen LogP contribution in [0.15, 0.2) is 29.2 Å². The Morgan fingerprint density at radius 1 is 1.28 bits per heavy atom. The van der Waals surface area contributed by atoms with Gasteiger partial charge in [0.1, 0.15) is 0 Å². The van der Waals surface area contributed by atoms with Gasteiger partial charge in [-0.15, -0.1) is 11.8 Å². The maximum Gasteiger partial charge on any atom is 0.389 e. The number of benzene rings is 1. The first kappa shape index (κ1) is 13.7. The van der Waals surface area contributed by atoms with E-state index < -0.39 is 12.6 Å². The summed E-state index contributed by atoms with van der Waals surface area (Å²) in [7, 11) is 0. The van der Waals surface area contributed by atoms with Crippen LogP contribution >= 0.6 is 11.8 Å². The fourth-order valence-corrected chi connectivity index (χ4v) is 3.20. The van der Waals surface area contributed by atoms with E-state index in [0.29, 0.717) is 12.5 Å². The molecule has 0 radical (unpaired) electrons. The van der Waals surface area contributed by atoms with Gasteiger partial charge in [-0.25, -0.2) is 0 Å². The van der Waals surface area contributed by atoms with Crippen LogP contribution in [0.1, 0.15) is 24.3 Å². The molecule has 0 fully saturated rings. The Labute approximate surface area is 109 Å². The molecule has 5 heteroatoms. The summed E-state index contributed by atoms with van der Waals surface area (Å²) >= 11 is 1.78. The van der Waals surface area contributed by atoms with Crippen molar-refractivity contribution in [3.63, 3.8) is 0 Å². The highest BCUT2D eigenvalue weighted by molar-refractivity contribution is 7.99. The molecule has 1 atom stereocenters. The summed E-state index contributed by atoms with van der Waals surface area (Å²) in [6.07, 6.45) is -4.78. The summed E-state index contributed by atoms with van der Waals surface area (Å²) in [5, 5.41) is 0. The molecule has 0 amide bonds. The standard InChI is InChI=1S/C13H15F3OS/c14-13(15,16)6-3-7-17-8-10-9-18-12-5-2-1-4-11(10)12/h1-2,4-5,10H,3,6-9H2. The zero-order valence-electron chi connectivity index (χ0n) is 9.87. The Hall–Kier alpha value is -0.680. The molecule has 1 unspecified atom stereocenters. The van der Waals surface area contributed by atoms with E-state index in [-0.39, 0.29) is 13.0 Å². The number of hydrogen-bond donors (Lipinski definition) is 0. The van der Waals surface area contributed by atoms with E-state index >= 15 is 0 Å². The molecule has 1 aliphatic rings. The van der Waals surface area contributed by atoms with Crippen molar-refractivity contribution in [1.82, 2.24) is 0 Å². The molecule has 0 saturated carbocycles. The monoisotopic (exact) mass is 276 g/mol. The Morgan fingerprint density at radius 3 is 2.83 bits per heavy atom. The summed E-state index contributed by atoms with van der Waals surface area (Å²) in [4.78, 5) is 1.27. The Bertz CT molecular complexity index is 392. The van der Waals surface area contributed by atoms with Crippen LogP contribution in [0.2, 0.25) is 0 Å². The smallest absolute Gasteiger partial charge is 0.381 e. The van der Waals surface area contributed by atoms with E-state index in [9.17, 15) is 13.2 Å². The molecule has 0 spiro atoms. The molecule has 0 N–H and O–H groups in total. The maximum absolute atomic E-state index is 11.9. The van der Waals surface area contributed by atoms with Gasteiger partial charge in [-0.2, -0.15) is 13.2 Å². The third-order valence-electron chi connectivity index (χ3n) is 2.87. The molecule has 0 aliphatic carbocycles. The Kier molecular flexibility index (Phi) is 4.56. The second kappa shape index (κ2) is 5.97. The minimum atomic E-state index is -4.07. The normalized spacial score (nSPS) is 18.9. The van der Waals surface area contributed by atoms with Crippen molar-refractivity contribution in [1.29, 1.82) is 0 Å². The Balaban J connectivity index is 1.70. The number of rotatable bonds is 5. The first-order valence-corrected chi connectivity index (χ1v) is 6.91. The van der Waals surface area contributed by atoms with E-state index in [4.69, 9.17) is 4.74 Å². The zero-order valence-corrected chi connectivity index (χ0v) is 10.7. The summed E-state index contributed by atoms with van der Waals surface area (Å²) < 4.78 is 41.1. The lowest BCUT2D eigenvalue weighted by Crippen LogP contribution is -2.11. The second-order valence-corrected chi connectivity index (χ2v) is 5.40. The van der Waals surface area contributed by atoms with Gasteiger partial charge in [-0.05, 0) is 18.1 Å². The summed E-state index contributed by atoms with van der Waals surface area (Å²) in [6, 6.07) is 8.13. The van der Waals surface area contributed by atoms with Gasteiger partial charge < -0.3 is 4.74 Å². The molecule has 18 heavy (non-hydrogen) atoms. The van der Waals surface area contributed by atoms with Crippen molar-refractivity contribution >= 4 is 11.8 Å². The van der Waals surface area contributed by atoms with Gasteiger partial charge in [-0.3, -0.25) is 0 Å². The summed E-state index contributed by atoms with van der Waals surface area (Å²) in [5.74, 6) is 1.27. The minimum absolute atomic E-state index is 0.0466. The van der Waals surface area contributed by atoms with Crippen molar-refractivity contribution in [2.75, 3.05) is 19.0 Å². The molecule has 100 valence electrons. The lowest BCUT2D eigenvalue weighted by atomic mass is 10.0. The number of alkyl halides is 3. The molecule has 0 bridgehead atoms. The second-order valence-electron chi connectivity index (χ2n) is 4.34. The first-order chi connectivity index (χ1) is 8.56. The average Bonchev–Trinajstić information content (AvgIpc) is 2.71. The molecular formula is C13H15F3OS. The van der Waals surface area contributed by atoms with Crippen LogP contribution in [0, 0.1) is 0 Å².